The molecule has 196 valence electrons. The molecule has 0 aliphatic heterocycles. The maximum atomic E-state index is 12.9. The van der Waals surface area contributed by atoms with Crippen LogP contribution in [0.25, 0.3) is 22.6 Å². The summed E-state index contributed by atoms with van der Waals surface area (Å²) in [4.78, 5) is 28.9. The van der Waals surface area contributed by atoms with Gasteiger partial charge in [0.05, 0.1) is 16.3 Å². The average molecular weight is 532 g/mol. The number of hydrogen-bond acceptors (Lipinski definition) is 5. The van der Waals surface area contributed by atoms with Gasteiger partial charge in [-0.05, 0) is 61.4 Å². The predicted octanol–water partition coefficient (Wildman–Crippen LogP) is 7.84. The Bertz CT molecular complexity index is 1440. The van der Waals surface area contributed by atoms with E-state index in [1.54, 1.807) is 24.3 Å². The molecule has 1 N–H and O–H groups in total. The van der Waals surface area contributed by atoms with Gasteiger partial charge in [-0.1, -0.05) is 61.8 Å². The highest BCUT2D eigenvalue weighted by Gasteiger charge is 2.29. The molecule has 0 radical (unpaired) electrons. The van der Waals surface area contributed by atoms with Gasteiger partial charge in [0, 0.05) is 24.3 Å². The van der Waals surface area contributed by atoms with Crippen LogP contribution in [0.5, 0.6) is 5.75 Å². The molecule has 0 aliphatic rings. The Morgan fingerprint density at radius 1 is 1.00 bits per heavy atom. The fourth-order valence-electron chi connectivity index (χ4n) is 4.03. The summed E-state index contributed by atoms with van der Waals surface area (Å²) < 4.78 is 11.6. The van der Waals surface area contributed by atoms with Crippen molar-refractivity contribution < 1.29 is 23.8 Å². The van der Waals surface area contributed by atoms with E-state index in [1.165, 1.54) is 13.8 Å². The summed E-state index contributed by atoms with van der Waals surface area (Å²) in [5, 5.41) is 9.77. The highest BCUT2D eigenvalue weighted by molar-refractivity contribution is 6.33. The number of nitrogens with zero attached hydrogens (tertiary/aromatic N) is 1. The summed E-state index contributed by atoms with van der Waals surface area (Å²) in [6.07, 6.45) is 0.660. The Labute approximate surface area is 227 Å². The van der Waals surface area contributed by atoms with Crippen LogP contribution < -0.4 is 4.74 Å². The number of rotatable bonds is 10. The normalized spacial score (nSPS) is 11.5. The molecule has 0 fully saturated rings. The standard InChI is InChI=1S/C31H30ClNO5/c1-19(2)28-26(16-17-27(34)21-10-13-23(14-11-21)38-31(3,4)30(35)36)33-29(37-28)24-15-12-22(18-25(24)32)20-8-6-5-7-9-20/h5-15,18-19H,16-17H2,1-4H3,(H,35,36). The van der Waals surface area contributed by atoms with Crippen LogP contribution in [0.15, 0.2) is 77.2 Å². The van der Waals surface area contributed by atoms with Crippen LogP contribution in [0.1, 0.15) is 61.8 Å². The van der Waals surface area contributed by atoms with Crippen molar-refractivity contribution in [2.45, 2.75) is 52.1 Å². The zero-order chi connectivity index (χ0) is 27.4. The summed E-state index contributed by atoms with van der Waals surface area (Å²) in [5.74, 6) is 0.501. The number of aromatic nitrogens is 1. The van der Waals surface area contributed by atoms with E-state index in [9.17, 15) is 14.7 Å². The number of carboxylic acids is 1. The number of ketones is 1. The van der Waals surface area contributed by atoms with Gasteiger partial charge in [-0.25, -0.2) is 9.78 Å². The molecule has 7 heteroatoms. The molecule has 1 aromatic heterocycles. The van der Waals surface area contributed by atoms with Crippen LogP contribution in [0.4, 0.5) is 0 Å². The van der Waals surface area contributed by atoms with E-state index in [1.807, 2.05) is 62.4 Å². The largest absolute Gasteiger partial charge is 0.478 e. The molecule has 4 rings (SSSR count). The van der Waals surface area contributed by atoms with Crippen molar-refractivity contribution in [3.63, 3.8) is 0 Å². The van der Waals surface area contributed by atoms with Gasteiger partial charge in [0.1, 0.15) is 11.5 Å². The molecule has 3 aromatic carbocycles. The van der Waals surface area contributed by atoms with Gasteiger partial charge < -0.3 is 14.3 Å². The van der Waals surface area contributed by atoms with Crippen molar-refractivity contribution in [2.75, 3.05) is 0 Å². The number of carbonyl (C=O) groups excluding carboxylic acids is 1. The number of hydrogen-bond donors (Lipinski definition) is 1. The van der Waals surface area contributed by atoms with Crippen LogP contribution in [0.2, 0.25) is 5.02 Å². The molecule has 0 unspecified atom stereocenters. The van der Waals surface area contributed by atoms with Crippen molar-refractivity contribution in [2.24, 2.45) is 0 Å². The van der Waals surface area contributed by atoms with Crippen LogP contribution in [0, 0.1) is 0 Å². The minimum Gasteiger partial charge on any atom is -0.478 e. The first kappa shape index (κ1) is 27.1. The topological polar surface area (TPSA) is 89.6 Å². The van der Waals surface area contributed by atoms with E-state index in [0.29, 0.717) is 34.2 Å². The lowest BCUT2D eigenvalue weighted by atomic mass is 10.0. The molecule has 0 bridgehead atoms. The lowest BCUT2D eigenvalue weighted by molar-refractivity contribution is -0.152. The van der Waals surface area contributed by atoms with Crippen LogP contribution in [-0.2, 0) is 11.2 Å². The summed E-state index contributed by atoms with van der Waals surface area (Å²) in [6.45, 7) is 6.98. The molecule has 0 aliphatic carbocycles. The van der Waals surface area contributed by atoms with Gasteiger partial charge in [-0.2, -0.15) is 0 Å². The summed E-state index contributed by atoms with van der Waals surface area (Å²) >= 11 is 6.64. The third kappa shape index (κ3) is 6.14. The van der Waals surface area contributed by atoms with Crippen molar-refractivity contribution in [3.8, 4) is 28.3 Å². The number of halogens is 1. The second-order valence-corrected chi connectivity index (χ2v) is 10.3. The Balaban J connectivity index is 1.49. The number of aliphatic carboxylic acids is 1. The second-order valence-electron chi connectivity index (χ2n) is 9.91. The fraction of sp³-hybridized carbons (Fsp3) is 0.258. The summed E-state index contributed by atoms with van der Waals surface area (Å²) in [6, 6.07) is 22.3. The van der Waals surface area contributed by atoms with E-state index >= 15 is 0 Å². The number of Topliss-reactive ketones (excluding diaryl/α,β-unsaturated/α-hetero) is 1. The van der Waals surface area contributed by atoms with E-state index in [4.69, 9.17) is 25.7 Å². The number of ether oxygens (including phenoxy) is 1. The Morgan fingerprint density at radius 3 is 2.29 bits per heavy atom. The van der Waals surface area contributed by atoms with Gasteiger partial charge in [0.25, 0.3) is 0 Å². The maximum Gasteiger partial charge on any atom is 0.347 e. The Hall–Kier alpha value is -3.90. The Kier molecular flexibility index (Phi) is 8.02. The lowest BCUT2D eigenvalue weighted by Gasteiger charge is -2.21. The number of benzene rings is 3. The molecule has 6 nitrogen and oxygen atoms in total. The van der Waals surface area contributed by atoms with Gasteiger partial charge in [-0.3, -0.25) is 4.79 Å². The second kappa shape index (κ2) is 11.2. The molecule has 38 heavy (non-hydrogen) atoms. The van der Waals surface area contributed by atoms with Crippen molar-refractivity contribution in [1.82, 2.24) is 4.98 Å². The molecule has 0 saturated heterocycles. The number of carboxylic acid groups (broad SMARTS) is 1. The van der Waals surface area contributed by atoms with Gasteiger partial charge in [0.15, 0.2) is 11.4 Å². The highest BCUT2D eigenvalue weighted by atomic mass is 35.5. The molecule has 0 saturated carbocycles. The average Bonchev–Trinajstić information content (AvgIpc) is 3.32. The van der Waals surface area contributed by atoms with Gasteiger partial charge in [0.2, 0.25) is 5.89 Å². The van der Waals surface area contributed by atoms with Gasteiger partial charge in [-0.15, -0.1) is 0 Å². The third-order valence-electron chi connectivity index (χ3n) is 6.21. The lowest BCUT2D eigenvalue weighted by Crippen LogP contribution is -2.37. The van der Waals surface area contributed by atoms with E-state index in [0.717, 1.165) is 22.6 Å². The first-order valence-electron chi connectivity index (χ1n) is 12.5. The molecule has 0 amide bonds. The first-order valence-corrected chi connectivity index (χ1v) is 12.8. The van der Waals surface area contributed by atoms with E-state index in [2.05, 4.69) is 0 Å². The van der Waals surface area contributed by atoms with Crippen LogP contribution >= 0.6 is 11.6 Å². The SMILES string of the molecule is CC(C)c1oc(-c2ccc(-c3ccccc3)cc2Cl)nc1CCC(=O)c1ccc(OC(C)(C)C(=O)O)cc1. The van der Waals surface area contributed by atoms with Crippen molar-refractivity contribution in [3.05, 3.63) is 94.8 Å². The van der Waals surface area contributed by atoms with Gasteiger partial charge >= 0.3 is 5.97 Å². The highest BCUT2D eigenvalue weighted by Crippen LogP contribution is 2.35. The molecule has 4 aromatic rings. The smallest absolute Gasteiger partial charge is 0.347 e. The molecule has 0 spiro atoms. The molecular formula is C31H30ClNO5. The molecule has 1 heterocycles. The molecular weight excluding hydrogens is 502 g/mol. The van der Waals surface area contributed by atoms with Crippen LogP contribution in [0.3, 0.4) is 0 Å². The predicted molar refractivity (Wildman–Crippen MR) is 148 cm³/mol. The zero-order valence-corrected chi connectivity index (χ0v) is 22.6. The molecule has 0 atom stereocenters. The minimum atomic E-state index is -1.37. The van der Waals surface area contributed by atoms with Crippen LogP contribution in [-0.4, -0.2) is 27.4 Å². The van der Waals surface area contributed by atoms with Crippen molar-refractivity contribution in [1.29, 1.82) is 0 Å². The van der Waals surface area contributed by atoms with Crippen molar-refractivity contribution >= 4 is 23.4 Å². The minimum absolute atomic E-state index is 0.0569. The third-order valence-corrected chi connectivity index (χ3v) is 6.52. The van der Waals surface area contributed by atoms with E-state index in [-0.39, 0.29) is 18.1 Å². The summed E-state index contributed by atoms with van der Waals surface area (Å²) in [5.41, 5.74) is 2.65. The fourth-order valence-corrected chi connectivity index (χ4v) is 4.29. The maximum absolute atomic E-state index is 12.9. The first-order chi connectivity index (χ1) is 18.0. The quantitative estimate of drug-likeness (QED) is 0.210. The number of oxazole rings is 1. The Morgan fingerprint density at radius 2 is 1.68 bits per heavy atom. The zero-order valence-electron chi connectivity index (χ0n) is 21.8. The summed E-state index contributed by atoms with van der Waals surface area (Å²) in [7, 11) is 0. The monoisotopic (exact) mass is 531 g/mol. The van der Waals surface area contributed by atoms with E-state index < -0.39 is 11.6 Å². The number of carbonyl (C=O) groups is 2. The number of aryl methyl sites for hydroxylation is 1.